The van der Waals surface area contributed by atoms with Gasteiger partial charge in [0.25, 0.3) is 5.91 Å². The molecular weight excluding hydrogens is 336 g/mol. The molecule has 1 aliphatic rings. The van der Waals surface area contributed by atoms with Gasteiger partial charge in [0, 0.05) is 32.3 Å². The van der Waals surface area contributed by atoms with Crippen molar-refractivity contribution >= 4 is 5.91 Å². The zero-order valence-corrected chi connectivity index (χ0v) is 14.7. The lowest BCUT2D eigenvalue weighted by molar-refractivity contribution is 0.0834. The van der Waals surface area contributed by atoms with E-state index >= 15 is 0 Å². The van der Waals surface area contributed by atoms with E-state index in [-0.39, 0.29) is 11.8 Å². The van der Waals surface area contributed by atoms with Gasteiger partial charge in [-0.25, -0.2) is 4.68 Å². The van der Waals surface area contributed by atoms with Gasteiger partial charge in [-0.2, -0.15) is 5.10 Å². The number of rotatable bonds is 4. The van der Waals surface area contributed by atoms with Crippen molar-refractivity contribution in [2.24, 2.45) is 13.0 Å². The van der Waals surface area contributed by atoms with E-state index in [9.17, 15) is 4.79 Å². The van der Waals surface area contributed by atoms with E-state index in [1.807, 2.05) is 24.7 Å². The molecule has 0 aliphatic carbocycles. The molecule has 3 aromatic rings. The first kappa shape index (κ1) is 16.5. The molecule has 0 spiro atoms. The number of carbonyl (C=O) groups excluding carboxylic acids is 1. The first-order chi connectivity index (χ1) is 12.6. The normalized spacial score (nSPS) is 16.9. The highest BCUT2D eigenvalue weighted by atomic mass is 16.5. The van der Waals surface area contributed by atoms with Crippen LogP contribution in [-0.4, -0.2) is 43.8 Å². The molecule has 136 valence electrons. The molecule has 0 aromatic carbocycles. The second-order valence-corrected chi connectivity index (χ2v) is 6.41. The highest BCUT2D eigenvalue weighted by molar-refractivity contribution is 5.91. The summed E-state index contributed by atoms with van der Waals surface area (Å²) in [5.41, 5.74) is 2.60. The van der Waals surface area contributed by atoms with Crippen molar-refractivity contribution in [3.05, 3.63) is 41.6 Å². The van der Waals surface area contributed by atoms with Crippen molar-refractivity contribution in [2.75, 3.05) is 13.2 Å². The summed E-state index contributed by atoms with van der Waals surface area (Å²) in [5.74, 6) is 0.897. The Balaban J connectivity index is 1.45. The van der Waals surface area contributed by atoms with E-state index in [1.54, 1.807) is 23.0 Å². The Kier molecular flexibility index (Phi) is 4.29. The van der Waals surface area contributed by atoms with Crippen molar-refractivity contribution in [1.82, 2.24) is 30.1 Å². The minimum absolute atomic E-state index is 0.0948. The number of fused-ring (bicyclic) bond motifs is 1. The number of aryl methyl sites for hydroxylation is 2. The monoisotopic (exact) mass is 356 g/mol. The van der Waals surface area contributed by atoms with Gasteiger partial charge in [-0.15, -0.1) is 5.10 Å². The number of ether oxygens (including phenoxy) is 1. The van der Waals surface area contributed by atoms with Crippen molar-refractivity contribution in [1.29, 1.82) is 0 Å². The molecule has 0 saturated heterocycles. The summed E-state index contributed by atoms with van der Waals surface area (Å²) >= 11 is 0. The van der Waals surface area contributed by atoms with Crippen LogP contribution in [0.5, 0.6) is 0 Å². The van der Waals surface area contributed by atoms with Crippen molar-refractivity contribution in [3.8, 4) is 11.4 Å². The van der Waals surface area contributed by atoms with Gasteiger partial charge in [0.15, 0.2) is 5.76 Å². The summed E-state index contributed by atoms with van der Waals surface area (Å²) < 4.78 is 14.8. The molecule has 0 bridgehead atoms. The zero-order chi connectivity index (χ0) is 18.1. The Labute approximate surface area is 149 Å². The maximum absolute atomic E-state index is 12.1. The van der Waals surface area contributed by atoms with Gasteiger partial charge >= 0.3 is 0 Å². The number of nitrogens with zero attached hydrogens (tertiary/aromatic N) is 5. The Morgan fingerprint density at radius 2 is 2.27 bits per heavy atom. The fourth-order valence-corrected chi connectivity index (χ4v) is 3.05. The van der Waals surface area contributed by atoms with Gasteiger partial charge in [0.2, 0.25) is 0 Å². The quantitative estimate of drug-likeness (QED) is 0.753. The predicted octanol–water partition coefficient (Wildman–Crippen LogP) is 1.16. The molecule has 9 nitrogen and oxygen atoms in total. The predicted molar refractivity (Wildman–Crippen MR) is 91.1 cm³/mol. The number of hydrogen-bond donors (Lipinski definition) is 1. The number of amides is 1. The van der Waals surface area contributed by atoms with E-state index in [0.717, 1.165) is 17.1 Å². The van der Waals surface area contributed by atoms with Crippen LogP contribution < -0.4 is 5.32 Å². The highest BCUT2D eigenvalue weighted by Gasteiger charge is 2.24. The van der Waals surface area contributed by atoms with Crippen LogP contribution in [0.25, 0.3) is 11.4 Å². The summed E-state index contributed by atoms with van der Waals surface area (Å²) in [7, 11) is 1.87. The average Bonchev–Trinajstić information content (AvgIpc) is 3.30. The lowest BCUT2D eigenvalue weighted by atomic mass is 10.1. The molecule has 26 heavy (non-hydrogen) atoms. The summed E-state index contributed by atoms with van der Waals surface area (Å²) in [6.07, 6.45) is 1.73. The largest absolute Gasteiger partial charge is 0.456 e. The van der Waals surface area contributed by atoms with Gasteiger partial charge in [-0.1, -0.05) is 5.21 Å². The Hall–Kier alpha value is -2.94. The summed E-state index contributed by atoms with van der Waals surface area (Å²) in [5, 5.41) is 15.6. The molecule has 0 unspecified atom stereocenters. The van der Waals surface area contributed by atoms with Gasteiger partial charge in [-0.3, -0.25) is 9.48 Å². The average molecular weight is 356 g/mol. The maximum Gasteiger partial charge on any atom is 0.287 e. The standard InChI is InChI=1S/C17H20N6O3/c1-11-3-4-15(26-11)17(24)18-7-12-8-23-14(10-25-9-12)16(20-21-23)13-5-6-19-22(13)2/h3-6,12H,7-10H2,1-2H3,(H,18,24)/t12-/m0/s1. The van der Waals surface area contributed by atoms with Gasteiger partial charge in [0.05, 0.1) is 24.6 Å². The number of hydrogen-bond acceptors (Lipinski definition) is 6. The van der Waals surface area contributed by atoms with Crippen LogP contribution in [0, 0.1) is 12.8 Å². The maximum atomic E-state index is 12.1. The lowest BCUT2D eigenvalue weighted by Crippen LogP contribution is -2.32. The molecule has 4 heterocycles. The Morgan fingerprint density at radius 1 is 1.38 bits per heavy atom. The zero-order valence-electron chi connectivity index (χ0n) is 14.7. The summed E-state index contributed by atoms with van der Waals surface area (Å²) in [4.78, 5) is 12.1. The van der Waals surface area contributed by atoms with E-state index in [4.69, 9.17) is 9.15 Å². The highest BCUT2D eigenvalue weighted by Crippen LogP contribution is 2.23. The second kappa shape index (κ2) is 6.75. The van der Waals surface area contributed by atoms with E-state index in [1.165, 1.54) is 0 Å². The molecule has 0 saturated carbocycles. The van der Waals surface area contributed by atoms with Crippen LogP contribution in [-0.2, 0) is 24.9 Å². The molecule has 1 aliphatic heterocycles. The minimum Gasteiger partial charge on any atom is -0.456 e. The fraction of sp³-hybridized carbons (Fsp3) is 0.412. The van der Waals surface area contributed by atoms with Crippen molar-refractivity contribution < 1.29 is 13.9 Å². The minimum atomic E-state index is -0.225. The summed E-state index contributed by atoms with van der Waals surface area (Å²) in [6, 6.07) is 5.34. The third kappa shape index (κ3) is 3.13. The topological polar surface area (TPSA) is 100 Å². The van der Waals surface area contributed by atoms with Crippen molar-refractivity contribution in [3.63, 3.8) is 0 Å². The Bertz CT molecular complexity index is 925. The molecule has 0 fully saturated rings. The van der Waals surface area contributed by atoms with E-state index in [0.29, 0.717) is 37.8 Å². The van der Waals surface area contributed by atoms with Gasteiger partial charge in [-0.05, 0) is 25.1 Å². The molecule has 1 atom stereocenters. The molecular formula is C17H20N6O3. The number of nitrogens with one attached hydrogen (secondary N) is 1. The van der Waals surface area contributed by atoms with Gasteiger partial charge in [0.1, 0.15) is 11.5 Å². The van der Waals surface area contributed by atoms with Crippen LogP contribution in [0.1, 0.15) is 22.0 Å². The summed E-state index contributed by atoms with van der Waals surface area (Å²) in [6.45, 7) is 3.86. The molecule has 1 N–H and O–H groups in total. The third-order valence-electron chi connectivity index (χ3n) is 4.44. The second-order valence-electron chi connectivity index (χ2n) is 6.41. The fourth-order valence-electron chi connectivity index (χ4n) is 3.05. The van der Waals surface area contributed by atoms with E-state index < -0.39 is 0 Å². The first-order valence-corrected chi connectivity index (χ1v) is 8.45. The number of carbonyl (C=O) groups is 1. The number of aromatic nitrogens is 5. The van der Waals surface area contributed by atoms with E-state index in [2.05, 4.69) is 20.7 Å². The molecule has 0 radical (unpaired) electrons. The molecule has 9 heteroatoms. The number of furan rings is 1. The van der Waals surface area contributed by atoms with Crippen LogP contribution in [0.4, 0.5) is 0 Å². The van der Waals surface area contributed by atoms with Crippen LogP contribution in [0.3, 0.4) is 0 Å². The lowest BCUT2D eigenvalue weighted by Gasteiger charge is -2.14. The van der Waals surface area contributed by atoms with Crippen LogP contribution in [0.2, 0.25) is 0 Å². The van der Waals surface area contributed by atoms with Crippen molar-refractivity contribution in [2.45, 2.75) is 20.1 Å². The van der Waals surface area contributed by atoms with Crippen LogP contribution >= 0.6 is 0 Å². The molecule has 1 amide bonds. The molecule has 3 aromatic heterocycles. The first-order valence-electron chi connectivity index (χ1n) is 8.45. The van der Waals surface area contributed by atoms with Gasteiger partial charge < -0.3 is 14.5 Å². The van der Waals surface area contributed by atoms with Crippen LogP contribution in [0.15, 0.2) is 28.8 Å². The smallest absolute Gasteiger partial charge is 0.287 e. The Morgan fingerprint density at radius 3 is 3.00 bits per heavy atom. The SMILES string of the molecule is Cc1ccc(C(=O)NC[C@@H]2COCc3c(-c4ccnn4C)nnn3C2)o1. The third-order valence-corrected chi connectivity index (χ3v) is 4.44. The molecule has 4 rings (SSSR count).